The molecule has 4 heteroatoms. The van der Waals surface area contributed by atoms with Gasteiger partial charge in [0.15, 0.2) is 0 Å². The molecule has 0 N–H and O–H groups in total. The van der Waals surface area contributed by atoms with Crippen LogP contribution in [0.1, 0.15) is 53.9 Å². The van der Waals surface area contributed by atoms with Crippen LogP contribution in [0.2, 0.25) is 18.6 Å². The minimum atomic E-state index is -1.73. The Bertz CT molecular complexity index is 579. The molecule has 1 aromatic rings. The molecular weight excluding hydrogens is 323 g/mol. The van der Waals surface area contributed by atoms with Gasteiger partial charge in [-0.2, -0.15) is 0 Å². The lowest BCUT2D eigenvalue weighted by atomic mass is 9.76. The maximum Gasteiger partial charge on any atom is 0.489 e. The fourth-order valence-corrected chi connectivity index (χ4v) is 7.09. The highest BCUT2D eigenvalue weighted by atomic mass is 28.3. The summed E-state index contributed by atoms with van der Waals surface area (Å²) in [5.74, 6) is 0. The number of hydrogen-bond donors (Lipinski definition) is 0. The van der Waals surface area contributed by atoms with Gasteiger partial charge in [-0.05, 0) is 45.1 Å². The monoisotopic (exact) mass is 358 g/mol. The average molecular weight is 358 g/mol. The molecule has 1 aromatic carbocycles. The van der Waals surface area contributed by atoms with Crippen LogP contribution in [0.15, 0.2) is 42.4 Å². The van der Waals surface area contributed by atoms with Crippen LogP contribution in [0.5, 0.6) is 0 Å². The van der Waals surface area contributed by atoms with Crippen molar-refractivity contribution in [2.45, 2.75) is 83.7 Å². The van der Waals surface area contributed by atoms with Gasteiger partial charge < -0.3 is 9.31 Å². The van der Waals surface area contributed by atoms with E-state index in [9.17, 15) is 0 Å². The van der Waals surface area contributed by atoms with E-state index in [1.807, 2.05) is 0 Å². The minimum Gasteiger partial charge on any atom is -0.400 e. The summed E-state index contributed by atoms with van der Waals surface area (Å²) in [4.78, 5) is 0. The lowest BCUT2D eigenvalue weighted by Gasteiger charge is -2.35. The largest absolute Gasteiger partial charge is 0.489 e. The van der Waals surface area contributed by atoms with E-state index in [0.717, 1.165) is 11.9 Å². The summed E-state index contributed by atoms with van der Waals surface area (Å²) in [6.07, 6.45) is 3.58. The molecule has 0 aliphatic carbocycles. The zero-order valence-corrected chi connectivity index (χ0v) is 18.2. The van der Waals surface area contributed by atoms with Crippen LogP contribution in [0.3, 0.4) is 0 Å². The van der Waals surface area contributed by atoms with Gasteiger partial charge in [0.2, 0.25) is 0 Å². The Morgan fingerprint density at radius 1 is 1.08 bits per heavy atom. The Balaban J connectivity index is 2.30. The Labute approximate surface area is 156 Å². The summed E-state index contributed by atoms with van der Waals surface area (Å²) in [7, 11) is -2.03. The molecule has 25 heavy (non-hydrogen) atoms. The molecule has 0 radical (unpaired) electrons. The molecule has 0 spiro atoms. The number of unbranched alkanes of at least 4 members (excludes halogenated alkanes) is 1. The molecule has 0 saturated carbocycles. The molecule has 0 amide bonds. The van der Waals surface area contributed by atoms with Crippen molar-refractivity contribution >= 4 is 20.4 Å². The van der Waals surface area contributed by atoms with Crippen LogP contribution < -0.4 is 5.19 Å². The SMILES string of the molecule is C=C(B1OC(C)(C)C(C)(C)O1)C(CCCC)[Si](C)(C)c1ccccc1. The zero-order valence-electron chi connectivity index (χ0n) is 17.2. The smallest absolute Gasteiger partial charge is 0.400 e. The van der Waals surface area contributed by atoms with Gasteiger partial charge in [0.25, 0.3) is 0 Å². The third-order valence-electron chi connectivity index (χ3n) is 6.24. The molecule has 2 nitrogen and oxygen atoms in total. The van der Waals surface area contributed by atoms with Crippen molar-refractivity contribution in [1.82, 2.24) is 0 Å². The average Bonchev–Trinajstić information content (AvgIpc) is 2.76. The maximum absolute atomic E-state index is 6.32. The normalized spacial score (nSPS) is 20.5. The van der Waals surface area contributed by atoms with Gasteiger partial charge >= 0.3 is 7.12 Å². The molecular formula is C21H35BO2Si. The highest BCUT2D eigenvalue weighted by molar-refractivity contribution is 6.92. The summed E-state index contributed by atoms with van der Waals surface area (Å²) < 4.78 is 12.6. The van der Waals surface area contributed by atoms with Crippen LogP contribution >= 0.6 is 0 Å². The van der Waals surface area contributed by atoms with Crippen LogP contribution in [0.4, 0.5) is 0 Å². The third kappa shape index (κ3) is 4.12. The highest BCUT2D eigenvalue weighted by Crippen LogP contribution is 2.43. The second-order valence-corrected chi connectivity index (χ2v) is 13.7. The van der Waals surface area contributed by atoms with Gasteiger partial charge in [-0.3, -0.25) is 0 Å². The van der Waals surface area contributed by atoms with Crippen molar-refractivity contribution in [2.24, 2.45) is 0 Å². The van der Waals surface area contributed by atoms with Crippen molar-refractivity contribution in [3.63, 3.8) is 0 Å². The number of hydrogen-bond acceptors (Lipinski definition) is 2. The van der Waals surface area contributed by atoms with Crippen molar-refractivity contribution < 1.29 is 9.31 Å². The quantitative estimate of drug-likeness (QED) is 0.612. The summed E-state index contributed by atoms with van der Waals surface area (Å²) in [5, 5.41) is 1.48. The summed E-state index contributed by atoms with van der Waals surface area (Å²) in [6, 6.07) is 11.0. The fourth-order valence-electron chi connectivity index (χ4n) is 3.65. The van der Waals surface area contributed by atoms with Crippen molar-refractivity contribution in [2.75, 3.05) is 0 Å². The number of benzene rings is 1. The first-order chi connectivity index (χ1) is 11.5. The van der Waals surface area contributed by atoms with Gasteiger partial charge in [0, 0.05) is 0 Å². The molecule has 1 heterocycles. The summed E-state index contributed by atoms with van der Waals surface area (Å²) in [6.45, 7) is 20.1. The lowest BCUT2D eigenvalue weighted by Crippen LogP contribution is -2.48. The Hall–Kier alpha value is -0.838. The van der Waals surface area contributed by atoms with E-state index in [0.29, 0.717) is 5.54 Å². The Kier molecular flexibility index (Phi) is 6.07. The van der Waals surface area contributed by atoms with Crippen molar-refractivity contribution in [3.05, 3.63) is 42.4 Å². The molecule has 1 saturated heterocycles. The minimum absolute atomic E-state index is 0.303. The highest BCUT2D eigenvalue weighted by Gasteiger charge is 2.54. The molecule has 0 bridgehead atoms. The van der Waals surface area contributed by atoms with E-state index >= 15 is 0 Å². The fraction of sp³-hybridized carbons (Fsp3) is 0.619. The van der Waals surface area contributed by atoms with Crippen molar-refractivity contribution in [1.29, 1.82) is 0 Å². The van der Waals surface area contributed by atoms with Crippen LogP contribution in [0, 0.1) is 0 Å². The zero-order chi connectivity index (χ0) is 18.9. The molecule has 0 aromatic heterocycles. The number of rotatable bonds is 7. The third-order valence-corrected chi connectivity index (χ3v) is 10.5. The molecule has 1 aliphatic heterocycles. The maximum atomic E-state index is 6.32. The van der Waals surface area contributed by atoms with Crippen LogP contribution in [0.25, 0.3) is 0 Å². The van der Waals surface area contributed by atoms with E-state index in [1.165, 1.54) is 18.0 Å². The molecule has 1 unspecified atom stereocenters. The van der Waals surface area contributed by atoms with E-state index in [2.05, 4.69) is 84.6 Å². The summed E-state index contributed by atoms with van der Waals surface area (Å²) >= 11 is 0. The first-order valence-electron chi connectivity index (χ1n) is 9.63. The van der Waals surface area contributed by atoms with Crippen molar-refractivity contribution in [3.8, 4) is 0 Å². The van der Waals surface area contributed by atoms with Gasteiger partial charge in [-0.1, -0.05) is 68.4 Å². The topological polar surface area (TPSA) is 18.5 Å². The Morgan fingerprint density at radius 3 is 2.08 bits per heavy atom. The van der Waals surface area contributed by atoms with Gasteiger partial charge in [0.1, 0.15) is 0 Å². The number of allylic oxidation sites excluding steroid dienone is 1. The van der Waals surface area contributed by atoms with Gasteiger partial charge in [-0.25, -0.2) is 0 Å². The standard InChI is InChI=1S/C21H35BO2Si/c1-9-10-16-19(25(7,8)18-14-12-11-13-15-18)17(2)22-23-20(3,4)21(5,6)24-22/h11-15,19H,2,9-10,16H2,1,3-8H3. The Morgan fingerprint density at radius 2 is 1.60 bits per heavy atom. The van der Waals surface area contributed by atoms with Crippen LogP contribution in [-0.4, -0.2) is 26.4 Å². The summed E-state index contributed by atoms with van der Waals surface area (Å²) in [5.41, 5.74) is 0.958. The van der Waals surface area contributed by atoms with E-state index in [-0.39, 0.29) is 18.3 Å². The predicted molar refractivity (Wildman–Crippen MR) is 112 cm³/mol. The molecule has 2 rings (SSSR count). The lowest BCUT2D eigenvalue weighted by molar-refractivity contribution is 0.00578. The van der Waals surface area contributed by atoms with E-state index in [4.69, 9.17) is 9.31 Å². The van der Waals surface area contributed by atoms with Gasteiger partial charge in [0.05, 0.1) is 19.3 Å². The first-order valence-corrected chi connectivity index (χ1v) is 12.7. The van der Waals surface area contributed by atoms with Gasteiger partial charge in [-0.15, -0.1) is 6.58 Å². The van der Waals surface area contributed by atoms with E-state index in [1.54, 1.807) is 0 Å². The van der Waals surface area contributed by atoms with E-state index < -0.39 is 8.07 Å². The predicted octanol–water partition coefficient (Wildman–Crippen LogP) is 5.35. The first kappa shape index (κ1) is 20.5. The molecule has 1 aliphatic rings. The second kappa shape index (κ2) is 7.42. The molecule has 138 valence electrons. The second-order valence-electron chi connectivity index (χ2n) is 8.95. The molecule has 1 fully saturated rings. The van der Waals surface area contributed by atoms with Crippen LogP contribution in [-0.2, 0) is 9.31 Å². The molecule has 1 atom stereocenters.